The Bertz CT molecular complexity index is 553. The van der Waals surface area contributed by atoms with E-state index in [1.54, 1.807) is 12.1 Å². The molecule has 1 aromatic carbocycles. The standard InChI is InChI=1S/C10H6N2O4Se/c13-9-8(17-10(14)11-9)5-6-3-1-2-4-7(6)12(15)16/h1-5H,(H,11,13,14). The summed E-state index contributed by atoms with van der Waals surface area (Å²) in [7, 11) is 0. The number of carbonyl (C=O) groups is 2. The van der Waals surface area contributed by atoms with Gasteiger partial charge in [0.15, 0.2) is 0 Å². The van der Waals surface area contributed by atoms with E-state index in [4.69, 9.17) is 0 Å². The molecule has 0 aromatic heterocycles. The first-order valence-electron chi connectivity index (χ1n) is 4.56. The summed E-state index contributed by atoms with van der Waals surface area (Å²) in [5.74, 6) is -0.465. The van der Waals surface area contributed by atoms with E-state index in [1.165, 1.54) is 18.2 Å². The van der Waals surface area contributed by atoms with Crippen LogP contribution in [0.3, 0.4) is 0 Å². The fourth-order valence-electron chi connectivity index (χ4n) is 1.34. The second-order valence-corrected chi connectivity index (χ2v) is 5.30. The Morgan fingerprint density at radius 3 is 2.59 bits per heavy atom. The number of rotatable bonds is 2. The van der Waals surface area contributed by atoms with Gasteiger partial charge in [-0.2, -0.15) is 0 Å². The molecule has 1 saturated heterocycles. The van der Waals surface area contributed by atoms with Crippen molar-refractivity contribution >= 4 is 37.4 Å². The van der Waals surface area contributed by atoms with Gasteiger partial charge in [-0.05, 0) is 0 Å². The summed E-state index contributed by atoms with van der Waals surface area (Å²) in [4.78, 5) is 32.2. The van der Waals surface area contributed by atoms with Crippen LogP contribution in [-0.2, 0) is 4.79 Å². The van der Waals surface area contributed by atoms with Crippen LogP contribution in [0.1, 0.15) is 5.56 Å². The molecule has 2 rings (SSSR count). The van der Waals surface area contributed by atoms with Gasteiger partial charge in [0.2, 0.25) is 0 Å². The van der Waals surface area contributed by atoms with Gasteiger partial charge in [0, 0.05) is 0 Å². The molecule has 1 aliphatic heterocycles. The summed E-state index contributed by atoms with van der Waals surface area (Å²) in [5.41, 5.74) is 0.252. The van der Waals surface area contributed by atoms with Crippen molar-refractivity contribution in [2.75, 3.05) is 0 Å². The zero-order valence-corrected chi connectivity index (χ0v) is 10.1. The Hall–Kier alpha value is -1.98. The predicted molar refractivity (Wildman–Crippen MR) is 60.4 cm³/mol. The van der Waals surface area contributed by atoms with Gasteiger partial charge in [-0.15, -0.1) is 0 Å². The molecule has 1 aliphatic rings. The van der Waals surface area contributed by atoms with Crippen molar-refractivity contribution in [3.8, 4) is 0 Å². The van der Waals surface area contributed by atoms with Gasteiger partial charge in [0.1, 0.15) is 0 Å². The zero-order chi connectivity index (χ0) is 12.4. The van der Waals surface area contributed by atoms with Crippen LogP contribution < -0.4 is 5.32 Å². The Morgan fingerprint density at radius 1 is 1.29 bits per heavy atom. The Kier molecular flexibility index (Phi) is 3.03. The average Bonchev–Trinajstić information content (AvgIpc) is 2.58. The van der Waals surface area contributed by atoms with Crippen molar-refractivity contribution in [2.24, 2.45) is 0 Å². The Morgan fingerprint density at radius 2 is 2.00 bits per heavy atom. The quantitative estimate of drug-likeness (QED) is 0.380. The van der Waals surface area contributed by atoms with Crippen molar-refractivity contribution in [3.05, 3.63) is 44.4 Å². The first-order chi connectivity index (χ1) is 8.08. The van der Waals surface area contributed by atoms with Gasteiger partial charge in [0.05, 0.1) is 0 Å². The van der Waals surface area contributed by atoms with E-state index in [2.05, 4.69) is 5.32 Å². The molecule has 0 aliphatic carbocycles. The van der Waals surface area contributed by atoms with Gasteiger partial charge in [0.25, 0.3) is 0 Å². The second-order valence-electron chi connectivity index (χ2n) is 3.17. The maximum atomic E-state index is 11.3. The number of benzene rings is 1. The van der Waals surface area contributed by atoms with Gasteiger partial charge in [-0.25, -0.2) is 0 Å². The van der Waals surface area contributed by atoms with Crippen molar-refractivity contribution in [1.82, 2.24) is 5.32 Å². The molecule has 1 fully saturated rings. The topological polar surface area (TPSA) is 89.3 Å². The first-order valence-corrected chi connectivity index (χ1v) is 6.27. The number of nitrogens with zero attached hydrogens (tertiary/aromatic N) is 1. The number of hydrogen-bond acceptors (Lipinski definition) is 4. The van der Waals surface area contributed by atoms with Crippen LogP contribution in [-0.4, -0.2) is 30.6 Å². The number of amides is 2. The number of nitrogens with one attached hydrogen (secondary N) is 1. The molecule has 7 heteroatoms. The zero-order valence-electron chi connectivity index (χ0n) is 8.38. The number of para-hydroxylation sites is 1. The number of nitro benzene ring substituents is 1. The van der Waals surface area contributed by atoms with Crippen LogP contribution in [0.4, 0.5) is 10.5 Å². The molecular weight excluding hydrogens is 291 g/mol. The first kappa shape index (κ1) is 11.5. The van der Waals surface area contributed by atoms with Crippen LogP contribution in [0, 0.1) is 10.1 Å². The Balaban J connectivity index is 2.42. The molecule has 0 atom stereocenters. The van der Waals surface area contributed by atoms with E-state index in [1.807, 2.05) is 0 Å². The third-order valence-corrected chi connectivity index (χ3v) is 3.76. The molecule has 0 saturated carbocycles. The number of nitro groups is 1. The summed E-state index contributed by atoms with van der Waals surface area (Å²) < 4.78 is 0.303. The van der Waals surface area contributed by atoms with E-state index < -0.39 is 25.8 Å². The fourth-order valence-corrected chi connectivity index (χ4v) is 2.75. The van der Waals surface area contributed by atoms with Crippen LogP contribution in [0.2, 0.25) is 0 Å². The molecule has 0 radical (unpaired) electrons. The van der Waals surface area contributed by atoms with E-state index in [-0.39, 0.29) is 10.5 Å². The van der Waals surface area contributed by atoms with Crippen molar-refractivity contribution in [3.63, 3.8) is 0 Å². The average molecular weight is 297 g/mol. The Labute approximate surface area is 102 Å². The van der Waals surface area contributed by atoms with Gasteiger partial charge < -0.3 is 0 Å². The third-order valence-electron chi connectivity index (χ3n) is 2.06. The molecule has 17 heavy (non-hydrogen) atoms. The van der Waals surface area contributed by atoms with E-state index >= 15 is 0 Å². The predicted octanol–water partition coefficient (Wildman–Crippen LogP) is 0.890. The second kappa shape index (κ2) is 4.48. The molecule has 1 heterocycles. The van der Waals surface area contributed by atoms with Crippen LogP contribution in [0.25, 0.3) is 6.08 Å². The molecule has 0 bridgehead atoms. The van der Waals surface area contributed by atoms with Crippen LogP contribution in [0.5, 0.6) is 0 Å². The molecular formula is C10H6N2O4Se. The van der Waals surface area contributed by atoms with Gasteiger partial charge in [-0.3, -0.25) is 0 Å². The molecule has 6 nitrogen and oxygen atoms in total. The summed E-state index contributed by atoms with van der Waals surface area (Å²) in [6.45, 7) is 0. The van der Waals surface area contributed by atoms with Gasteiger partial charge in [-0.1, -0.05) is 0 Å². The monoisotopic (exact) mass is 298 g/mol. The van der Waals surface area contributed by atoms with Crippen molar-refractivity contribution in [1.29, 1.82) is 0 Å². The minimum atomic E-state index is -0.610. The van der Waals surface area contributed by atoms with E-state index in [9.17, 15) is 19.7 Å². The van der Waals surface area contributed by atoms with Crippen LogP contribution >= 0.6 is 0 Å². The summed E-state index contributed by atoms with van der Waals surface area (Å²) in [5, 5.41) is 12.9. The summed E-state index contributed by atoms with van der Waals surface area (Å²) in [6.07, 6.45) is 1.40. The summed E-state index contributed by atoms with van der Waals surface area (Å²) in [6, 6.07) is 6.08. The van der Waals surface area contributed by atoms with E-state index in [0.29, 0.717) is 10.0 Å². The molecule has 86 valence electrons. The molecule has 0 spiro atoms. The summed E-state index contributed by atoms with van der Waals surface area (Å²) >= 11 is -0.610. The van der Waals surface area contributed by atoms with Crippen molar-refractivity contribution in [2.45, 2.75) is 0 Å². The minimum absolute atomic E-state index is 0.0806. The number of hydrogen-bond donors (Lipinski definition) is 1. The van der Waals surface area contributed by atoms with Crippen LogP contribution in [0.15, 0.2) is 28.7 Å². The molecule has 1 aromatic rings. The third kappa shape index (κ3) is 2.41. The van der Waals surface area contributed by atoms with Crippen molar-refractivity contribution < 1.29 is 14.5 Å². The van der Waals surface area contributed by atoms with E-state index in [0.717, 1.165) is 0 Å². The normalized spacial score (nSPS) is 17.3. The molecule has 2 amide bonds. The molecule has 0 unspecified atom stereocenters. The molecule has 1 N–H and O–H groups in total. The maximum absolute atomic E-state index is 11.3. The SMILES string of the molecule is O=C1NC(=O)C(=Cc2ccccc2[N+](=O)[O-])[Se]1. The number of imide groups is 1. The van der Waals surface area contributed by atoms with Gasteiger partial charge >= 0.3 is 102 Å². The number of carbonyl (C=O) groups excluding carboxylic acids is 2. The fraction of sp³-hybridized carbons (Fsp3) is 0.